The van der Waals surface area contributed by atoms with Crippen molar-refractivity contribution in [1.29, 1.82) is 0 Å². The first-order valence-corrected chi connectivity index (χ1v) is 11.4. The van der Waals surface area contributed by atoms with Gasteiger partial charge in [0.05, 0.1) is 6.04 Å². The third-order valence-corrected chi connectivity index (χ3v) is 6.57. The molecule has 2 unspecified atom stereocenters. The molecule has 1 aliphatic rings. The van der Waals surface area contributed by atoms with Crippen molar-refractivity contribution >= 4 is 22.7 Å². The number of fused-ring (bicyclic) bond motifs is 2. The number of nitrogens with zero attached hydrogens (tertiary/aromatic N) is 1. The molecule has 166 valence electrons. The van der Waals surface area contributed by atoms with Gasteiger partial charge in [-0.3, -0.25) is 9.59 Å². The maximum absolute atomic E-state index is 13.5. The molecule has 3 aromatic carbocycles. The topological polar surface area (TPSA) is 65.2 Å². The van der Waals surface area contributed by atoms with Crippen molar-refractivity contribution in [2.24, 2.45) is 0 Å². The predicted molar refractivity (Wildman–Crippen MR) is 130 cm³/mol. The number of rotatable bonds is 6. The maximum atomic E-state index is 13.5. The van der Waals surface area contributed by atoms with Gasteiger partial charge in [0.15, 0.2) is 0 Å². The largest absolute Gasteiger partial charge is 0.358 e. The van der Waals surface area contributed by atoms with E-state index in [1.807, 2.05) is 86.6 Å². The Morgan fingerprint density at radius 2 is 1.70 bits per heavy atom. The van der Waals surface area contributed by atoms with Crippen LogP contribution < -0.4 is 5.32 Å². The molecule has 0 saturated carbocycles. The molecule has 2 heterocycles. The molecule has 1 aromatic heterocycles. The highest BCUT2D eigenvalue weighted by Gasteiger charge is 2.43. The van der Waals surface area contributed by atoms with Crippen LogP contribution >= 0.6 is 0 Å². The van der Waals surface area contributed by atoms with E-state index in [0.717, 1.165) is 34.1 Å². The molecule has 0 radical (unpaired) electrons. The van der Waals surface area contributed by atoms with Gasteiger partial charge >= 0.3 is 0 Å². The highest BCUT2D eigenvalue weighted by molar-refractivity contribution is 6.03. The van der Waals surface area contributed by atoms with Crippen molar-refractivity contribution in [1.82, 2.24) is 15.2 Å². The van der Waals surface area contributed by atoms with Gasteiger partial charge in [0.25, 0.3) is 5.91 Å². The normalized spacial score (nSPS) is 16.1. The number of aromatic nitrogens is 1. The Labute approximate surface area is 193 Å². The highest BCUT2D eigenvalue weighted by atomic mass is 16.2. The Balaban J connectivity index is 1.47. The summed E-state index contributed by atoms with van der Waals surface area (Å²) in [6.45, 7) is 4.38. The first kappa shape index (κ1) is 21.0. The van der Waals surface area contributed by atoms with Crippen molar-refractivity contribution < 1.29 is 9.59 Å². The predicted octanol–water partition coefficient (Wildman–Crippen LogP) is 4.77. The molecule has 5 heteroatoms. The fraction of sp³-hybridized carbons (Fsp3) is 0.214. The number of hydrogen-bond donors (Lipinski definition) is 2. The minimum atomic E-state index is -0.612. The molecule has 0 bridgehead atoms. The van der Waals surface area contributed by atoms with Gasteiger partial charge in [-0.1, -0.05) is 66.7 Å². The number of para-hydroxylation sites is 1. The summed E-state index contributed by atoms with van der Waals surface area (Å²) in [5.74, 6) is -0.249. The Hall–Kier alpha value is -3.86. The summed E-state index contributed by atoms with van der Waals surface area (Å²) in [4.78, 5) is 31.9. The van der Waals surface area contributed by atoms with Crippen LogP contribution in [0.4, 0.5) is 0 Å². The Kier molecular flexibility index (Phi) is 5.47. The standard InChI is InChI=1S/C28H27N3O2/c1-18-25(23-14-8-9-15-24(23)30-18)26-21-12-6-7-13-22(21)28(33)31(26)19(2)27(32)29-17-16-20-10-4-3-5-11-20/h3-15,19,26,30H,16-17H2,1-2H3,(H,29,32). The summed E-state index contributed by atoms with van der Waals surface area (Å²) in [6, 6.07) is 24.9. The molecule has 1 aliphatic heterocycles. The van der Waals surface area contributed by atoms with Gasteiger partial charge in [0.2, 0.25) is 5.91 Å². The Morgan fingerprint density at radius 3 is 2.52 bits per heavy atom. The van der Waals surface area contributed by atoms with E-state index in [-0.39, 0.29) is 17.9 Å². The molecule has 5 nitrogen and oxygen atoms in total. The fourth-order valence-corrected chi connectivity index (χ4v) is 4.93. The average molecular weight is 438 g/mol. The lowest BCUT2D eigenvalue weighted by molar-refractivity contribution is -0.125. The van der Waals surface area contributed by atoms with E-state index in [4.69, 9.17) is 0 Å². The zero-order valence-corrected chi connectivity index (χ0v) is 18.8. The molecule has 0 fully saturated rings. The number of benzene rings is 3. The van der Waals surface area contributed by atoms with E-state index >= 15 is 0 Å². The smallest absolute Gasteiger partial charge is 0.255 e. The summed E-state index contributed by atoms with van der Waals surface area (Å²) >= 11 is 0. The van der Waals surface area contributed by atoms with Crippen molar-refractivity contribution in [3.8, 4) is 0 Å². The van der Waals surface area contributed by atoms with Crippen LogP contribution in [0.5, 0.6) is 0 Å². The highest BCUT2D eigenvalue weighted by Crippen LogP contribution is 2.43. The van der Waals surface area contributed by atoms with E-state index in [9.17, 15) is 9.59 Å². The molecule has 0 saturated heterocycles. The number of amides is 2. The Morgan fingerprint density at radius 1 is 1.00 bits per heavy atom. The number of nitrogens with one attached hydrogen (secondary N) is 2. The minimum Gasteiger partial charge on any atom is -0.358 e. The van der Waals surface area contributed by atoms with Crippen molar-refractivity contribution in [2.75, 3.05) is 6.54 Å². The van der Waals surface area contributed by atoms with Crippen LogP contribution in [-0.4, -0.2) is 34.3 Å². The molecule has 2 N–H and O–H groups in total. The summed E-state index contributed by atoms with van der Waals surface area (Å²) in [7, 11) is 0. The molecule has 0 aliphatic carbocycles. The van der Waals surface area contributed by atoms with Gasteiger partial charge in [0.1, 0.15) is 6.04 Å². The van der Waals surface area contributed by atoms with E-state index in [1.54, 1.807) is 4.90 Å². The van der Waals surface area contributed by atoms with Gasteiger partial charge < -0.3 is 15.2 Å². The zero-order valence-electron chi connectivity index (χ0n) is 18.8. The van der Waals surface area contributed by atoms with E-state index in [0.29, 0.717) is 12.1 Å². The van der Waals surface area contributed by atoms with E-state index < -0.39 is 6.04 Å². The minimum absolute atomic E-state index is 0.106. The van der Waals surface area contributed by atoms with E-state index in [2.05, 4.69) is 16.4 Å². The van der Waals surface area contributed by atoms with Crippen LogP contribution in [0, 0.1) is 6.92 Å². The molecule has 4 aromatic rings. The molecule has 0 spiro atoms. The fourth-order valence-electron chi connectivity index (χ4n) is 4.93. The van der Waals surface area contributed by atoms with Crippen molar-refractivity contribution in [2.45, 2.75) is 32.4 Å². The van der Waals surface area contributed by atoms with Gasteiger partial charge in [-0.2, -0.15) is 0 Å². The van der Waals surface area contributed by atoms with E-state index in [1.165, 1.54) is 5.56 Å². The summed E-state index contributed by atoms with van der Waals surface area (Å²) in [5.41, 5.74) is 5.86. The number of hydrogen-bond acceptors (Lipinski definition) is 2. The third kappa shape index (κ3) is 3.69. The Bertz CT molecular complexity index is 1330. The zero-order chi connectivity index (χ0) is 22.9. The first-order valence-electron chi connectivity index (χ1n) is 11.4. The molecule has 5 rings (SSSR count). The maximum Gasteiger partial charge on any atom is 0.255 e. The van der Waals surface area contributed by atoms with Gasteiger partial charge in [0, 0.05) is 34.3 Å². The van der Waals surface area contributed by atoms with Crippen LogP contribution in [-0.2, 0) is 11.2 Å². The summed E-state index contributed by atoms with van der Waals surface area (Å²) < 4.78 is 0. The first-order chi connectivity index (χ1) is 16.1. The molecular formula is C28H27N3O2. The quantitative estimate of drug-likeness (QED) is 0.456. The van der Waals surface area contributed by atoms with Crippen LogP contribution in [0.25, 0.3) is 10.9 Å². The second-order valence-corrected chi connectivity index (χ2v) is 8.61. The van der Waals surface area contributed by atoms with Gasteiger partial charge in [-0.05, 0) is 43.5 Å². The lowest BCUT2D eigenvalue weighted by Gasteiger charge is -2.31. The van der Waals surface area contributed by atoms with Gasteiger partial charge in [-0.15, -0.1) is 0 Å². The van der Waals surface area contributed by atoms with Gasteiger partial charge in [-0.25, -0.2) is 0 Å². The van der Waals surface area contributed by atoms with Crippen LogP contribution in [0.3, 0.4) is 0 Å². The number of aryl methyl sites for hydroxylation is 1. The van der Waals surface area contributed by atoms with Crippen molar-refractivity contribution in [3.63, 3.8) is 0 Å². The second-order valence-electron chi connectivity index (χ2n) is 8.61. The van der Waals surface area contributed by atoms with Crippen LogP contribution in [0.2, 0.25) is 0 Å². The summed E-state index contributed by atoms with van der Waals surface area (Å²) in [5, 5.41) is 4.11. The molecule has 2 atom stereocenters. The molecular weight excluding hydrogens is 410 g/mol. The summed E-state index contributed by atoms with van der Waals surface area (Å²) in [6.07, 6.45) is 0.748. The monoisotopic (exact) mass is 437 g/mol. The number of carbonyl (C=O) groups excluding carboxylic acids is 2. The SMILES string of the molecule is Cc1[nH]c2ccccc2c1C1c2ccccc2C(=O)N1C(C)C(=O)NCCc1ccccc1. The van der Waals surface area contributed by atoms with Crippen molar-refractivity contribution in [3.05, 3.63) is 107 Å². The number of H-pyrrole nitrogens is 1. The third-order valence-electron chi connectivity index (χ3n) is 6.57. The second kappa shape index (κ2) is 8.58. The molecule has 33 heavy (non-hydrogen) atoms. The van der Waals surface area contributed by atoms with Crippen LogP contribution in [0.15, 0.2) is 78.9 Å². The lowest BCUT2D eigenvalue weighted by Crippen LogP contribution is -2.47. The molecule has 2 amide bonds. The average Bonchev–Trinajstić information content (AvgIpc) is 3.32. The number of carbonyl (C=O) groups is 2. The lowest BCUT2D eigenvalue weighted by atomic mass is 9.95. The number of aromatic amines is 1. The van der Waals surface area contributed by atoms with Crippen LogP contribution in [0.1, 0.15) is 45.7 Å².